The van der Waals surface area contributed by atoms with E-state index in [1.54, 1.807) is 6.92 Å². The largest absolute Gasteiger partial charge is 0.233 e. The van der Waals surface area contributed by atoms with Gasteiger partial charge in [0.1, 0.15) is 5.83 Å². The summed E-state index contributed by atoms with van der Waals surface area (Å²) in [6.45, 7) is 5.84. The van der Waals surface area contributed by atoms with Crippen LogP contribution in [0, 0.1) is 0 Å². The van der Waals surface area contributed by atoms with Crippen molar-refractivity contribution in [3.05, 3.63) is 90.0 Å². The Kier molecular flexibility index (Phi) is 6.59. The van der Waals surface area contributed by atoms with Gasteiger partial charge in [0.05, 0.1) is 17.6 Å². The van der Waals surface area contributed by atoms with Crippen LogP contribution in [0.4, 0.5) is 4.39 Å². The third kappa shape index (κ3) is 4.30. The van der Waals surface area contributed by atoms with E-state index in [1.165, 1.54) is 11.6 Å². The van der Waals surface area contributed by atoms with Crippen LogP contribution in [0.25, 0.3) is 22.4 Å². The summed E-state index contributed by atoms with van der Waals surface area (Å²) in [5.41, 5.74) is 6.46. The molecule has 1 aromatic heterocycles. The van der Waals surface area contributed by atoms with E-state index in [1.807, 2.05) is 42.1 Å². The van der Waals surface area contributed by atoms with E-state index in [2.05, 4.69) is 48.4 Å². The van der Waals surface area contributed by atoms with Gasteiger partial charge in [0.2, 0.25) is 0 Å². The third-order valence-corrected chi connectivity index (χ3v) is 4.91. The maximum atomic E-state index is 14.0. The van der Waals surface area contributed by atoms with E-state index in [0.717, 1.165) is 40.9 Å². The first-order chi connectivity index (χ1) is 13.7. The number of hydrogen-bond donors (Lipinski definition) is 0. The normalized spacial score (nSPS) is 12.4. The average Bonchev–Trinajstić information content (AvgIpc) is 3.16. The molecule has 28 heavy (non-hydrogen) atoms. The second kappa shape index (κ2) is 9.32. The maximum absolute atomic E-state index is 14.0. The Morgan fingerprint density at radius 1 is 0.964 bits per heavy atom. The van der Waals surface area contributed by atoms with Gasteiger partial charge >= 0.3 is 0 Å². The Morgan fingerprint density at radius 3 is 2.25 bits per heavy atom. The van der Waals surface area contributed by atoms with E-state index in [0.29, 0.717) is 0 Å². The summed E-state index contributed by atoms with van der Waals surface area (Å²) in [6.07, 6.45) is 7.67. The molecule has 0 spiro atoms. The Hall–Kier alpha value is -2.94. The van der Waals surface area contributed by atoms with Crippen molar-refractivity contribution in [1.29, 1.82) is 0 Å². The van der Waals surface area contributed by atoms with Crippen LogP contribution in [-0.4, -0.2) is 9.78 Å². The van der Waals surface area contributed by atoms with Crippen molar-refractivity contribution in [3.8, 4) is 16.8 Å². The van der Waals surface area contributed by atoms with Gasteiger partial charge in [0.15, 0.2) is 0 Å². The van der Waals surface area contributed by atoms with Gasteiger partial charge in [-0.25, -0.2) is 9.07 Å². The lowest BCUT2D eigenvalue weighted by molar-refractivity contribution is 0.617. The highest BCUT2D eigenvalue weighted by Crippen LogP contribution is 2.30. The first kappa shape index (κ1) is 19.8. The van der Waals surface area contributed by atoms with Crippen LogP contribution in [0.3, 0.4) is 0 Å². The molecule has 1 heterocycles. The van der Waals surface area contributed by atoms with Crippen LogP contribution >= 0.6 is 0 Å². The predicted octanol–water partition coefficient (Wildman–Crippen LogP) is 7.16. The number of rotatable bonds is 7. The zero-order valence-electron chi connectivity index (χ0n) is 16.8. The predicted molar refractivity (Wildman–Crippen MR) is 116 cm³/mol. The summed E-state index contributed by atoms with van der Waals surface area (Å²) >= 11 is 0. The van der Waals surface area contributed by atoms with Gasteiger partial charge in [-0.15, -0.1) is 0 Å². The number of halogens is 1. The summed E-state index contributed by atoms with van der Waals surface area (Å²) in [6, 6.07) is 18.7. The highest BCUT2D eigenvalue weighted by atomic mass is 19.1. The second-order valence-electron chi connectivity index (χ2n) is 6.82. The smallest absolute Gasteiger partial charge is 0.100 e. The lowest BCUT2D eigenvalue weighted by Crippen LogP contribution is -2.04. The van der Waals surface area contributed by atoms with Crippen molar-refractivity contribution in [2.45, 2.75) is 40.0 Å². The van der Waals surface area contributed by atoms with Gasteiger partial charge in [0, 0.05) is 6.42 Å². The molecule has 0 radical (unpaired) electrons. The van der Waals surface area contributed by atoms with Crippen LogP contribution in [-0.2, 0) is 6.42 Å². The molecule has 0 saturated heterocycles. The van der Waals surface area contributed by atoms with E-state index < -0.39 is 0 Å². The molecule has 0 bridgehead atoms. The molecule has 144 valence electrons. The summed E-state index contributed by atoms with van der Waals surface area (Å²) in [5.74, 6) is -0.122. The fourth-order valence-corrected chi connectivity index (χ4v) is 3.40. The van der Waals surface area contributed by atoms with E-state index in [-0.39, 0.29) is 12.2 Å². The third-order valence-electron chi connectivity index (χ3n) is 4.91. The van der Waals surface area contributed by atoms with Crippen LogP contribution in [0.15, 0.2) is 78.8 Å². The minimum Gasteiger partial charge on any atom is -0.233 e. The zero-order valence-corrected chi connectivity index (χ0v) is 16.8. The molecule has 2 aromatic carbocycles. The number of allylic oxidation sites excluding steroid dienone is 4. The molecule has 2 nitrogen and oxygen atoms in total. The zero-order chi connectivity index (χ0) is 19.9. The Bertz CT molecular complexity index is 964. The highest BCUT2D eigenvalue weighted by Gasteiger charge is 2.17. The topological polar surface area (TPSA) is 17.8 Å². The summed E-state index contributed by atoms with van der Waals surface area (Å²) in [7, 11) is 0. The van der Waals surface area contributed by atoms with Gasteiger partial charge in [-0.2, -0.15) is 5.10 Å². The van der Waals surface area contributed by atoms with E-state index in [9.17, 15) is 4.39 Å². The van der Waals surface area contributed by atoms with Gasteiger partial charge in [-0.05, 0) is 54.7 Å². The van der Waals surface area contributed by atoms with Crippen molar-refractivity contribution >= 4 is 5.57 Å². The number of nitrogens with zero attached hydrogens (tertiary/aromatic N) is 2. The Balaban J connectivity index is 2.02. The lowest BCUT2D eigenvalue weighted by Gasteiger charge is -2.13. The molecule has 0 aliphatic rings. The van der Waals surface area contributed by atoms with Crippen LogP contribution < -0.4 is 0 Å². The quantitative estimate of drug-likeness (QED) is 0.429. The monoisotopic (exact) mass is 374 g/mol. The van der Waals surface area contributed by atoms with Crippen LogP contribution in [0.2, 0.25) is 0 Å². The van der Waals surface area contributed by atoms with Crippen LogP contribution in [0.1, 0.15) is 44.9 Å². The summed E-state index contributed by atoms with van der Waals surface area (Å²) < 4.78 is 16.0. The summed E-state index contributed by atoms with van der Waals surface area (Å²) in [5, 5.41) is 4.64. The maximum Gasteiger partial charge on any atom is 0.100 e. The average molecular weight is 375 g/mol. The SMILES string of the molecule is C/C=C(/F)C/C(=C\C)c1c(CCC)cnn1-c1ccc(-c2ccccc2)cc1. The number of aromatic nitrogens is 2. The second-order valence-corrected chi connectivity index (χ2v) is 6.82. The molecule has 0 unspecified atom stereocenters. The Morgan fingerprint density at radius 2 is 1.64 bits per heavy atom. The van der Waals surface area contributed by atoms with Crippen molar-refractivity contribution in [3.63, 3.8) is 0 Å². The number of hydrogen-bond acceptors (Lipinski definition) is 1. The number of benzene rings is 2. The molecule has 0 saturated carbocycles. The summed E-state index contributed by atoms with van der Waals surface area (Å²) in [4.78, 5) is 0. The lowest BCUT2D eigenvalue weighted by atomic mass is 10.0. The standard InChI is InChI=1S/C25H27FN2/c1-4-10-22-18-27-28(25(22)19(5-2)17-23(26)6-3)24-15-13-21(14-16-24)20-11-8-7-9-12-20/h5-9,11-16,18H,4,10,17H2,1-3H3/b19-5+,23-6+. The van der Waals surface area contributed by atoms with Gasteiger partial charge in [0.25, 0.3) is 0 Å². The molecule has 3 heteroatoms. The fourth-order valence-electron chi connectivity index (χ4n) is 3.40. The Labute approximate surface area is 167 Å². The molecule has 0 aliphatic heterocycles. The first-order valence-corrected chi connectivity index (χ1v) is 9.86. The molecule has 0 atom stereocenters. The molecule has 3 rings (SSSR count). The molecule has 0 fully saturated rings. The molecule has 0 aliphatic carbocycles. The molecular formula is C25H27FN2. The first-order valence-electron chi connectivity index (χ1n) is 9.86. The molecule has 0 amide bonds. The van der Waals surface area contributed by atoms with Crippen LogP contribution in [0.5, 0.6) is 0 Å². The minimum absolute atomic E-state index is 0.122. The fraction of sp³-hybridized carbons (Fsp3) is 0.240. The van der Waals surface area contributed by atoms with Crippen molar-refractivity contribution in [2.24, 2.45) is 0 Å². The van der Waals surface area contributed by atoms with Gasteiger partial charge in [-0.1, -0.05) is 68.0 Å². The highest BCUT2D eigenvalue weighted by molar-refractivity contribution is 5.69. The minimum atomic E-state index is -0.122. The van der Waals surface area contributed by atoms with Gasteiger partial charge < -0.3 is 0 Å². The van der Waals surface area contributed by atoms with Crippen molar-refractivity contribution in [1.82, 2.24) is 9.78 Å². The van der Waals surface area contributed by atoms with Crippen molar-refractivity contribution < 1.29 is 4.39 Å². The molecular weight excluding hydrogens is 347 g/mol. The number of aryl methyl sites for hydroxylation is 1. The van der Waals surface area contributed by atoms with E-state index >= 15 is 0 Å². The molecule has 3 aromatic rings. The van der Waals surface area contributed by atoms with Crippen molar-refractivity contribution in [2.75, 3.05) is 0 Å². The molecule has 0 N–H and O–H groups in total. The van der Waals surface area contributed by atoms with Gasteiger partial charge in [-0.3, -0.25) is 0 Å². The van der Waals surface area contributed by atoms with E-state index in [4.69, 9.17) is 0 Å².